The van der Waals surface area contributed by atoms with Gasteiger partial charge in [0, 0.05) is 19.3 Å². The number of aryl methyl sites for hydroxylation is 1. The highest BCUT2D eigenvalue weighted by Crippen LogP contribution is 2.38. The predicted molar refractivity (Wildman–Crippen MR) is 113 cm³/mol. The minimum Gasteiger partial charge on any atom is -0.493 e. The van der Waals surface area contributed by atoms with Crippen LogP contribution in [0.4, 0.5) is 0 Å². The van der Waals surface area contributed by atoms with E-state index in [0.717, 1.165) is 22.6 Å². The number of carbonyl (C=O) groups excluding carboxylic acids is 1. The van der Waals surface area contributed by atoms with Crippen molar-refractivity contribution < 1.29 is 19.0 Å². The lowest BCUT2D eigenvalue weighted by Gasteiger charge is -2.12. The van der Waals surface area contributed by atoms with Crippen LogP contribution in [0.3, 0.4) is 0 Å². The number of benzene rings is 1. The standard InChI is InChI=1S/C22H24N4O4/c1-26-18(17-7-5-6-10-23-17)13-16(25-26)14-24-21(27)9-8-15-11-19(28-2)22(30-4)20(12-15)29-3/h5-13H,14H2,1-4H3,(H,24,27)/b9-8+. The lowest BCUT2D eigenvalue weighted by molar-refractivity contribution is -0.116. The largest absolute Gasteiger partial charge is 0.493 e. The second-order valence-electron chi connectivity index (χ2n) is 6.37. The van der Waals surface area contributed by atoms with Crippen LogP contribution < -0.4 is 19.5 Å². The third-order valence-corrected chi connectivity index (χ3v) is 4.42. The molecule has 8 heteroatoms. The average molecular weight is 408 g/mol. The third kappa shape index (κ3) is 4.78. The first-order valence-corrected chi connectivity index (χ1v) is 9.26. The predicted octanol–water partition coefficient (Wildman–Crippen LogP) is 2.84. The fraction of sp³-hybridized carbons (Fsp3) is 0.227. The van der Waals surface area contributed by atoms with Gasteiger partial charge in [-0.25, -0.2) is 0 Å². The number of hydrogen-bond acceptors (Lipinski definition) is 6. The molecule has 2 aromatic heterocycles. The van der Waals surface area contributed by atoms with Gasteiger partial charge in [-0.3, -0.25) is 14.5 Å². The molecule has 0 unspecified atom stereocenters. The van der Waals surface area contributed by atoms with E-state index in [0.29, 0.717) is 23.8 Å². The lowest BCUT2D eigenvalue weighted by Crippen LogP contribution is -2.20. The maximum Gasteiger partial charge on any atom is 0.244 e. The van der Waals surface area contributed by atoms with E-state index < -0.39 is 0 Å². The lowest BCUT2D eigenvalue weighted by atomic mass is 10.1. The molecule has 0 aliphatic heterocycles. The van der Waals surface area contributed by atoms with E-state index in [1.165, 1.54) is 6.08 Å². The Morgan fingerprint density at radius 3 is 2.43 bits per heavy atom. The highest BCUT2D eigenvalue weighted by atomic mass is 16.5. The zero-order valence-corrected chi connectivity index (χ0v) is 17.4. The summed E-state index contributed by atoms with van der Waals surface area (Å²) in [5.74, 6) is 1.30. The summed E-state index contributed by atoms with van der Waals surface area (Å²) >= 11 is 0. The quantitative estimate of drug-likeness (QED) is 0.577. The maximum atomic E-state index is 12.3. The van der Waals surface area contributed by atoms with E-state index in [2.05, 4.69) is 15.4 Å². The van der Waals surface area contributed by atoms with Crippen LogP contribution in [0.1, 0.15) is 11.3 Å². The first kappa shape index (κ1) is 20.9. The molecule has 0 aliphatic rings. The van der Waals surface area contributed by atoms with E-state index in [1.807, 2.05) is 31.3 Å². The maximum absolute atomic E-state index is 12.3. The molecule has 1 amide bonds. The van der Waals surface area contributed by atoms with Gasteiger partial charge in [0.1, 0.15) is 0 Å². The van der Waals surface area contributed by atoms with Crippen molar-refractivity contribution in [2.24, 2.45) is 7.05 Å². The van der Waals surface area contributed by atoms with Gasteiger partial charge in [0.2, 0.25) is 11.7 Å². The molecule has 0 fully saturated rings. The summed E-state index contributed by atoms with van der Waals surface area (Å²) < 4.78 is 17.7. The van der Waals surface area contributed by atoms with Crippen LogP contribution in [-0.2, 0) is 18.4 Å². The number of rotatable bonds is 8. The molecule has 1 aromatic carbocycles. The minimum atomic E-state index is -0.242. The molecule has 0 saturated heterocycles. The summed E-state index contributed by atoms with van der Waals surface area (Å²) in [7, 11) is 6.48. The number of carbonyl (C=O) groups is 1. The Morgan fingerprint density at radius 1 is 1.10 bits per heavy atom. The Labute approximate surface area is 175 Å². The van der Waals surface area contributed by atoms with Crippen molar-refractivity contribution in [3.8, 4) is 28.6 Å². The van der Waals surface area contributed by atoms with Gasteiger partial charge in [-0.1, -0.05) is 6.07 Å². The van der Waals surface area contributed by atoms with E-state index in [9.17, 15) is 4.79 Å². The molecular weight excluding hydrogens is 384 g/mol. The number of nitrogens with one attached hydrogen (secondary N) is 1. The summed E-state index contributed by atoms with van der Waals surface area (Å²) in [6, 6.07) is 11.1. The third-order valence-electron chi connectivity index (χ3n) is 4.42. The van der Waals surface area contributed by atoms with Crippen LogP contribution in [0.25, 0.3) is 17.5 Å². The van der Waals surface area contributed by atoms with Crippen molar-refractivity contribution in [1.82, 2.24) is 20.1 Å². The summed E-state index contributed by atoms with van der Waals surface area (Å²) in [5, 5.41) is 7.26. The molecule has 0 radical (unpaired) electrons. The Hall–Kier alpha value is -3.81. The molecule has 0 spiro atoms. The zero-order chi connectivity index (χ0) is 21.5. The molecular formula is C22H24N4O4. The van der Waals surface area contributed by atoms with Gasteiger partial charge in [-0.15, -0.1) is 0 Å². The van der Waals surface area contributed by atoms with E-state index >= 15 is 0 Å². The van der Waals surface area contributed by atoms with Crippen molar-refractivity contribution in [2.75, 3.05) is 21.3 Å². The van der Waals surface area contributed by atoms with Gasteiger partial charge in [0.25, 0.3) is 0 Å². The van der Waals surface area contributed by atoms with Gasteiger partial charge in [-0.2, -0.15) is 5.10 Å². The Balaban J connectivity index is 1.66. The Morgan fingerprint density at radius 2 is 1.83 bits per heavy atom. The Kier molecular flexibility index (Phi) is 6.69. The fourth-order valence-corrected chi connectivity index (χ4v) is 2.97. The van der Waals surface area contributed by atoms with E-state index in [1.54, 1.807) is 50.4 Å². The number of amides is 1. The molecule has 8 nitrogen and oxygen atoms in total. The second-order valence-corrected chi connectivity index (χ2v) is 6.37. The van der Waals surface area contributed by atoms with Crippen molar-refractivity contribution in [3.63, 3.8) is 0 Å². The average Bonchev–Trinajstić information content (AvgIpc) is 3.16. The molecule has 3 aromatic rings. The van der Waals surface area contributed by atoms with E-state index in [-0.39, 0.29) is 5.91 Å². The molecule has 0 saturated carbocycles. The number of methoxy groups -OCH3 is 3. The minimum absolute atomic E-state index is 0.242. The van der Waals surface area contributed by atoms with Crippen LogP contribution >= 0.6 is 0 Å². The van der Waals surface area contributed by atoms with E-state index in [4.69, 9.17) is 14.2 Å². The number of nitrogens with zero attached hydrogens (tertiary/aromatic N) is 3. The van der Waals surface area contributed by atoms with Crippen molar-refractivity contribution in [2.45, 2.75) is 6.54 Å². The first-order valence-electron chi connectivity index (χ1n) is 9.26. The van der Waals surface area contributed by atoms with Gasteiger partial charge in [-0.05, 0) is 42.0 Å². The van der Waals surface area contributed by atoms with Crippen LogP contribution in [0.15, 0.2) is 48.7 Å². The molecule has 1 N–H and O–H groups in total. The van der Waals surface area contributed by atoms with Crippen molar-refractivity contribution >= 4 is 12.0 Å². The van der Waals surface area contributed by atoms with Crippen LogP contribution in [0, 0.1) is 0 Å². The molecule has 30 heavy (non-hydrogen) atoms. The van der Waals surface area contributed by atoms with Crippen molar-refractivity contribution in [3.05, 3.63) is 59.9 Å². The molecule has 0 aliphatic carbocycles. The molecule has 0 bridgehead atoms. The topological polar surface area (TPSA) is 87.5 Å². The zero-order valence-electron chi connectivity index (χ0n) is 17.4. The summed E-state index contributed by atoms with van der Waals surface area (Å²) in [6.45, 7) is 0.305. The smallest absolute Gasteiger partial charge is 0.244 e. The van der Waals surface area contributed by atoms with Gasteiger partial charge >= 0.3 is 0 Å². The van der Waals surface area contributed by atoms with Crippen LogP contribution in [-0.4, -0.2) is 42.0 Å². The second kappa shape index (κ2) is 9.60. The monoisotopic (exact) mass is 408 g/mol. The number of pyridine rings is 1. The Bertz CT molecular complexity index is 1020. The summed E-state index contributed by atoms with van der Waals surface area (Å²) in [5.41, 5.74) is 3.20. The molecule has 2 heterocycles. The number of hydrogen-bond donors (Lipinski definition) is 1. The van der Waals surface area contributed by atoms with Crippen LogP contribution in [0.5, 0.6) is 17.2 Å². The molecule has 156 valence electrons. The van der Waals surface area contributed by atoms with Gasteiger partial charge in [0.05, 0.1) is 45.0 Å². The van der Waals surface area contributed by atoms with Crippen molar-refractivity contribution in [1.29, 1.82) is 0 Å². The van der Waals surface area contributed by atoms with Crippen LogP contribution in [0.2, 0.25) is 0 Å². The highest BCUT2D eigenvalue weighted by molar-refractivity contribution is 5.91. The SMILES string of the molecule is COc1cc(/C=C/C(=O)NCc2cc(-c3ccccn3)n(C)n2)cc(OC)c1OC. The fourth-order valence-electron chi connectivity index (χ4n) is 2.97. The summed E-state index contributed by atoms with van der Waals surface area (Å²) in [6.07, 6.45) is 4.86. The first-order chi connectivity index (χ1) is 14.5. The molecule has 0 atom stereocenters. The number of ether oxygens (including phenoxy) is 3. The van der Waals surface area contributed by atoms with Gasteiger partial charge < -0.3 is 19.5 Å². The summed E-state index contributed by atoms with van der Waals surface area (Å²) in [4.78, 5) is 16.6. The highest BCUT2D eigenvalue weighted by Gasteiger charge is 2.12. The number of aromatic nitrogens is 3. The normalized spacial score (nSPS) is 10.8. The van der Waals surface area contributed by atoms with Gasteiger partial charge in [0.15, 0.2) is 11.5 Å². The molecule has 3 rings (SSSR count).